The molecule has 0 aromatic carbocycles. The summed E-state index contributed by atoms with van der Waals surface area (Å²) in [4.78, 5) is 28.8. The van der Waals surface area contributed by atoms with Gasteiger partial charge in [-0.25, -0.2) is 14.4 Å². The van der Waals surface area contributed by atoms with E-state index in [4.69, 9.17) is 30.6 Å². The van der Waals surface area contributed by atoms with Crippen LogP contribution in [0.5, 0.6) is 0 Å². The predicted octanol–water partition coefficient (Wildman–Crippen LogP) is 1.94. The largest absolute Gasteiger partial charge is 0.478 e. The van der Waals surface area contributed by atoms with E-state index in [0.717, 1.165) is 6.42 Å². The molecule has 0 amide bonds. The lowest BCUT2D eigenvalue weighted by Crippen LogP contribution is -2.22. The Morgan fingerprint density at radius 1 is 0.690 bits per heavy atom. The number of rotatable bonds is 9. The number of aliphatic hydroxyl groups is 3. The van der Waals surface area contributed by atoms with Gasteiger partial charge in [0.2, 0.25) is 0 Å². The number of hydrogen-bond donors (Lipinski definition) is 6. The summed E-state index contributed by atoms with van der Waals surface area (Å²) in [6.07, 6.45) is 1.43. The highest BCUT2D eigenvalue weighted by molar-refractivity contribution is 5.85. The fraction of sp³-hybridized carbons (Fsp3) is 0.550. The lowest BCUT2D eigenvalue weighted by Gasteiger charge is -2.21. The topological polar surface area (TPSA) is 173 Å². The molecule has 0 aromatic heterocycles. The van der Waals surface area contributed by atoms with Gasteiger partial charge in [-0.15, -0.1) is 0 Å². The third-order valence-electron chi connectivity index (χ3n) is 3.26. The van der Waals surface area contributed by atoms with Crippen molar-refractivity contribution < 1.29 is 45.0 Å². The minimum absolute atomic E-state index is 0.0509. The molecule has 0 saturated heterocycles. The van der Waals surface area contributed by atoms with E-state index >= 15 is 0 Å². The molecule has 0 aliphatic rings. The Morgan fingerprint density at radius 3 is 1.03 bits per heavy atom. The maximum atomic E-state index is 9.60. The van der Waals surface area contributed by atoms with Crippen molar-refractivity contribution in [1.29, 1.82) is 0 Å². The number of aliphatic carboxylic acids is 3. The molecule has 0 bridgehead atoms. The number of carboxylic acids is 3. The summed E-state index contributed by atoms with van der Waals surface area (Å²) in [7, 11) is 0. The lowest BCUT2D eigenvalue weighted by atomic mass is 9.89. The molecule has 0 aliphatic heterocycles. The van der Waals surface area contributed by atoms with Gasteiger partial charge in [-0.1, -0.05) is 33.1 Å². The average molecular weight is 420 g/mol. The standard InChI is InChI=1S/C8H18O3.3C4H6O2/c1-2-7(5-10)8(6-11)3-4-9;3*1-3(2)4(5)6/h7-11H,2-6H2,1H3;3*1H2,2H3,(H,5,6). The Bertz CT molecular complexity index is 427. The Hall–Kier alpha value is -2.49. The van der Waals surface area contributed by atoms with Gasteiger partial charge in [-0.2, -0.15) is 0 Å². The van der Waals surface area contributed by atoms with E-state index in [-0.39, 0.29) is 48.4 Å². The van der Waals surface area contributed by atoms with Gasteiger partial charge in [0, 0.05) is 36.5 Å². The van der Waals surface area contributed by atoms with Crippen molar-refractivity contribution in [3.63, 3.8) is 0 Å². The van der Waals surface area contributed by atoms with E-state index in [0.29, 0.717) is 6.42 Å². The monoisotopic (exact) mass is 420 g/mol. The number of hydrogen-bond acceptors (Lipinski definition) is 6. The first kappa shape index (κ1) is 34.0. The van der Waals surface area contributed by atoms with Crippen molar-refractivity contribution in [3.8, 4) is 0 Å². The average Bonchev–Trinajstić information content (AvgIpc) is 2.63. The van der Waals surface area contributed by atoms with Gasteiger partial charge in [-0.3, -0.25) is 0 Å². The molecule has 0 fully saturated rings. The van der Waals surface area contributed by atoms with Gasteiger partial charge < -0.3 is 30.6 Å². The van der Waals surface area contributed by atoms with E-state index < -0.39 is 17.9 Å². The zero-order chi connectivity index (χ0) is 24.2. The van der Waals surface area contributed by atoms with Gasteiger partial charge in [-0.05, 0) is 39.0 Å². The Morgan fingerprint density at radius 2 is 0.931 bits per heavy atom. The molecule has 0 aromatic rings. The van der Waals surface area contributed by atoms with Crippen molar-refractivity contribution in [3.05, 3.63) is 36.5 Å². The van der Waals surface area contributed by atoms with Crippen molar-refractivity contribution in [2.75, 3.05) is 19.8 Å². The van der Waals surface area contributed by atoms with Crippen LogP contribution in [0.1, 0.15) is 40.5 Å². The van der Waals surface area contributed by atoms with Gasteiger partial charge in [0.15, 0.2) is 0 Å². The first-order valence-electron chi connectivity index (χ1n) is 8.72. The summed E-state index contributed by atoms with van der Waals surface area (Å²) in [6, 6.07) is 0. The lowest BCUT2D eigenvalue weighted by molar-refractivity contribution is -0.133. The third kappa shape index (κ3) is 27.8. The van der Waals surface area contributed by atoms with Crippen LogP contribution in [0.15, 0.2) is 36.5 Å². The van der Waals surface area contributed by atoms with Crippen LogP contribution in [0.25, 0.3) is 0 Å². The van der Waals surface area contributed by atoms with Crippen LogP contribution in [0, 0.1) is 11.8 Å². The maximum absolute atomic E-state index is 9.60. The van der Waals surface area contributed by atoms with Gasteiger partial charge in [0.1, 0.15) is 0 Å². The molecule has 0 radical (unpaired) electrons. The van der Waals surface area contributed by atoms with Crippen LogP contribution >= 0.6 is 0 Å². The minimum Gasteiger partial charge on any atom is -0.478 e. The number of carboxylic acid groups (broad SMARTS) is 3. The molecule has 9 nitrogen and oxygen atoms in total. The van der Waals surface area contributed by atoms with E-state index in [2.05, 4.69) is 19.7 Å². The zero-order valence-electron chi connectivity index (χ0n) is 17.7. The highest BCUT2D eigenvalue weighted by Gasteiger charge is 2.17. The van der Waals surface area contributed by atoms with E-state index in [1.807, 2.05) is 6.92 Å². The van der Waals surface area contributed by atoms with Crippen molar-refractivity contribution in [1.82, 2.24) is 0 Å². The van der Waals surface area contributed by atoms with E-state index in [1.165, 1.54) is 20.8 Å². The second-order valence-electron chi connectivity index (χ2n) is 6.06. The summed E-state index contributed by atoms with van der Waals surface area (Å²) in [5.74, 6) is -2.62. The second kappa shape index (κ2) is 21.8. The summed E-state index contributed by atoms with van der Waals surface area (Å²) in [5.41, 5.74) is 0.528. The summed E-state index contributed by atoms with van der Waals surface area (Å²) in [6.45, 7) is 16.0. The molecule has 0 saturated carbocycles. The second-order valence-corrected chi connectivity index (χ2v) is 6.06. The number of carbonyl (C=O) groups is 3. The summed E-state index contributed by atoms with van der Waals surface area (Å²) < 4.78 is 0. The summed E-state index contributed by atoms with van der Waals surface area (Å²) in [5, 5.41) is 50.0. The molecular weight excluding hydrogens is 384 g/mol. The molecule has 6 N–H and O–H groups in total. The van der Waals surface area contributed by atoms with Crippen LogP contribution < -0.4 is 0 Å². The van der Waals surface area contributed by atoms with Crippen LogP contribution in [0.2, 0.25) is 0 Å². The SMILES string of the molecule is C=C(C)C(=O)O.C=C(C)C(=O)O.C=C(C)C(=O)O.CCC(CO)C(CO)CCO. The minimum atomic E-state index is -0.935. The van der Waals surface area contributed by atoms with Crippen LogP contribution in [0.4, 0.5) is 0 Å². The highest BCUT2D eigenvalue weighted by Crippen LogP contribution is 2.17. The Kier molecular flexibility index (Phi) is 25.6. The Labute approximate surface area is 172 Å². The van der Waals surface area contributed by atoms with Crippen molar-refractivity contribution >= 4 is 17.9 Å². The molecule has 170 valence electrons. The maximum Gasteiger partial charge on any atom is 0.330 e. The molecule has 2 unspecified atom stereocenters. The van der Waals surface area contributed by atoms with Crippen molar-refractivity contribution in [2.24, 2.45) is 11.8 Å². The Balaban J connectivity index is -0.000000151. The fourth-order valence-electron chi connectivity index (χ4n) is 1.25. The molecule has 0 heterocycles. The molecule has 0 aliphatic carbocycles. The quantitative estimate of drug-likeness (QED) is 0.305. The van der Waals surface area contributed by atoms with Gasteiger partial charge in [0.05, 0.1) is 0 Å². The van der Waals surface area contributed by atoms with Crippen molar-refractivity contribution in [2.45, 2.75) is 40.5 Å². The number of aliphatic hydroxyl groups excluding tert-OH is 3. The third-order valence-corrected chi connectivity index (χ3v) is 3.26. The first-order chi connectivity index (χ1) is 13.2. The van der Waals surface area contributed by atoms with Gasteiger partial charge in [0.25, 0.3) is 0 Å². The molecule has 0 spiro atoms. The molecule has 29 heavy (non-hydrogen) atoms. The molecule has 2 atom stereocenters. The smallest absolute Gasteiger partial charge is 0.330 e. The van der Waals surface area contributed by atoms with E-state index in [1.54, 1.807) is 0 Å². The van der Waals surface area contributed by atoms with Crippen LogP contribution in [-0.4, -0.2) is 68.4 Å². The van der Waals surface area contributed by atoms with E-state index in [9.17, 15) is 14.4 Å². The first-order valence-corrected chi connectivity index (χ1v) is 8.72. The van der Waals surface area contributed by atoms with Crippen LogP contribution in [0.3, 0.4) is 0 Å². The molecular formula is C20H36O9. The predicted molar refractivity (Wildman–Crippen MR) is 110 cm³/mol. The zero-order valence-corrected chi connectivity index (χ0v) is 17.7. The molecule has 9 heteroatoms. The molecule has 0 rings (SSSR count). The van der Waals surface area contributed by atoms with Crippen LogP contribution in [-0.2, 0) is 14.4 Å². The highest BCUT2D eigenvalue weighted by atomic mass is 16.4. The summed E-state index contributed by atoms with van der Waals surface area (Å²) >= 11 is 0. The van der Waals surface area contributed by atoms with Gasteiger partial charge >= 0.3 is 17.9 Å². The fourth-order valence-corrected chi connectivity index (χ4v) is 1.25. The normalized spacial score (nSPS) is 10.9.